The van der Waals surface area contributed by atoms with Crippen LogP contribution in [0.2, 0.25) is 0 Å². The zero-order valence-corrected chi connectivity index (χ0v) is 13.1. The zero-order valence-electron chi connectivity index (χ0n) is 13.1. The molecule has 2 N–H and O–H groups in total. The van der Waals surface area contributed by atoms with Gasteiger partial charge in [0.2, 0.25) is 5.91 Å². The maximum absolute atomic E-state index is 12.4. The van der Waals surface area contributed by atoms with Crippen molar-refractivity contribution in [3.05, 3.63) is 0 Å². The summed E-state index contributed by atoms with van der Waals surface area (Å²) in [5.41, 5.74) is 5.81. The topological polar surface area (TPSA) is 46.3 Å². The molecule has 1 aliphatic carbocycles. The van der Waals surface area contributed by atoms with Crippen molar-refractivity contribution in [2.45, 2.75) is 65.7 Å². The highest BCUT2D eigenvalue weighted by atomic mass is 16.2. The molecule has 1 fully saturated rings. The van der Waals surface area contributed by atoms with E-state index in [0.29, 0.717) is 12.5 Å². The first-order valence-electron chi connectivity index (χ1n) is 7.96. The normalized spacial score (nSPS) is 16.8. The van der Waals surface area contributed by atoms with Crippen LogP contribution in [0.25, 0.3) is 0 Å². The summed E-state index contributed by atoms with van der Waals surface area (Å²) in [5.74, 6) is 1.13. The molecule has 0 bridgehead atoms. The summed E-state index contributed by atoms with van der Waals surface area (Å²) in [7, 11) is 0. The van der Waals surface area contributed by atoms with Crippen LogP contribution in [0, 0.1) is 11.3 Å². The van der Waals surface area contributed by atoms with Crippen molar-refractivity contribution in [3.63, 3.8) is 0 Å². The predicted octanol–water partition coefficient (Wildman–Crippen LogP) is 3.18. The summed E-state index contributed by atoms with van der Waals surface area (Å²) >= 11 is 0. The van der Waals surface area contributed by atoms with E-state index in [9.17, 15) is 4.79 Å². The maximum atomic E-state index is 12.4. The van der Waals surface area contributed by atoms with Gasteiger partial charge in [-0.1, -0.05) is 46.5 Å². The Morgan fingerprint density at radius 1 is 1.32 bits per heavy atom. The minimum Gasteiger partial charge on any atom is -0.342 e. The van der Waals surface area contributed by atoms with Crippen molar-refractivity contribution in [1.29, 1.82) is 0 Å². The number of hydrogen-bond donors (Lipinski definition) is 1. The van der Waals surface area contributed by atoms with Gasteiger partial charge >= 0.3 is 0 Å². The van der Waals surface area contributed by atoms with E-state index in [1.54, 1.807) is 0 Å². The van der Waals surface area contributed by atoms with Crippen LogP contribution in [0.1, 0.15) is 65.7 Å². The average molecular weight is 268 g/mol. The lowest BCUT2D eigenvalue weighted by Gasteiger charge is -2.32. The fourth-order valence-electron chi connectivity index (χ4n) is 2.93. The van der Waals surface area contributed by atoms with Crippen LogP contribution < -0.4 is 5.73 Å². The van der Waals surface area contributed by atoms with Gasteiger partial charge in [0, 0.05) is 19.5 Å². The molecule has 0 saturated heterocycles. The Labute approximate surface area is 118 Å². The van der Waals surface area contributed by atoms with Crippen LogP contribution in [0.4, 0.5) is 0 Å². The molecule has 0 atom stereocenters. The molecule has 1 rings (SSSR count). The summed E-state index contributed by atoms with van der Waals surface area (Å²) in [4.78, 5) is 14.4. The van der Waals surface area contributed by atoms with Gasteiger partial charge in [-0.2, -0.15) is 0 Å². The highest BCUT2D eigenvalue weighted by molar-refractivity contribution is 5.76. The summed E-state index contributed by atoms with van der Waals surface area (Å²) < 4.78 is 0. The van der Waals surface area contributed by atoms with Crippen LogP contribution in [-0.2, 0) is 4.79 Å². The first-order valence-corrected chi connectivity index (χ1v) is 7.96. The lowest BCUT2D eigenvalue weighted by Crippen LogP contribution is -2.42. The van der Waals surface area contributed by atoms with Crippen LogP contribution in [0.15, 0.2) is 0 Å². The second kappa shape index (κ2) is 7.88. The quantitative estimate of drug-likeness (QED) is 0.735. The summed E-state index contributed by atoms with van der Waals surface area (Å²) in [6.07, 6.45) is 8.21. The zero-order chi connectivity index (χ0) is 14.3. The van der Waals surface area contributed by atoms with Crippen LogP contribution in [-0.4, -0.2) is 30.4 Å². The van der Waals surface area contributed by atoms with Gasteiger partial charge in [0.05, 0.1) is 0 Å². The molecular weight excluding hydrogens is 236 g/mol. The third-order valence-electron chi connectivity index (χ3n) is 4.26. The Kier molecular flexibility index (Phi) is 6.84. The molecule has 3 nitrogen and oxygen atoms in total. The molecule has 0 spiro atoms. The molecule has 0 heterocycles. The SMILES string of the molecule is CCCN(CC(C)(C)CN)C(=O)CCC1CCCC1. The predicted molar refractivity (Wildman–Crippen MR) is 80.9 cm³/mol. The van der Waals surface area contributed by atoms with E-state index >= 15 is 0 Å². The second-order valence-electron chi connectivity index (χ2n) is 6.87. The Morgan fingerprint density at radius 2 is 1.95 bits per heavy atom. The van der Waals surface area contributed by atoms with Gasteiger partial charge < -0.3 is 10.6 Å². The minimum atomic E-state index is 0.0260. The van der Waals surface area contributed by atoms with E-state index in [1.807, 2.05) is 4.90 Å². The summed E-state index contributed by atoms with van der Waals surface area (Å²) in [5, 5.41) is 0. The average Bonchev–Trinajstić information content (AvgIpc) is 2.88. The Balaban J connectivity index is 2.42. The first-order chi connectivity index (χ1) is 8.98. The molecule has 1 saturated carbocycles. The van der Waals surface area contributed by atoms with Crippen LogP contribution in [0.5, 0.6) is 0 Å². The Hall–Kier alpha value is -0.570. The van der Waals surface area contributed by atoms with Gasteiger partial charge in [-0.3, -0.25) is 4.79 Å². The number of nitrogens with zero attached hydrogens (tertiary/aromatic N) is 1. The first kappa shape index (κ1) is 16.5. The van der Waals surface area contributed by atoms with Gasteiger partial charge in [-0.15, -0.1) is 0 Å². The van der Waals surface area contributed by atoms with Gasteiger partial charge in [-0.05, 0) is 30.7 Å². The fourth-order valence-corrected chi connectivity index (χ4v) is 2.93. The number of hydrogen-bond acceptors (Lipinski definition) is 2. The van der Waals surface area contributed by atoms with Crippen molar-refractivity contribution in [2.75, 3.05) is 19.6 Å². The van der Waals surface area contributed by atoms with Gasteiger partial charge in [0.15, 0.2) is 0 Å². The third-order valence-corrected chi connectivity index (χ3v) is 4.26. The summed E-state index contributed by atoms with van der Waals surface area (Å²) in [6, 6.07) is 0. The molecule has 0 aliphatic heterocycles. The van der Waals surface area contributed by atoms with Crippen molar-refractivity contribution in [1.82, 2.24) is 4.90 Å². The molecule has 19 heavy (non-hydrogen) atoms. The van der Waals surface area contributed by atoms with Gasteiger partial charge in [0.25, 0.3) is 0 Å². The lowest BCUT2D eigenvalue weighted by atomic mass is 9.92. The van der Waals surface area contributed by atoms with Crippen molar-refractivity contribution in [2.24, 2.45) is 17.1 Å². The fraction of sp³-hybridized carbons (Fsp3) is 0.938. The number of amides is 1. The smallest absolute Gasteiger partial charge is 0.222 e. The third kappa shape index (κ3) is 5.94. The van der Waals surface area contributed by atoms with E-state index in [4.69, 9.17) is 5.73 Å². The van der Waals surface area contributed by atoms with Crippen molar-refractivity contribution >= 4 is 5.91 Å². The molecule has 0 aromatic rings. The molecular formula is C16H32N2O. The molecule has 0 radical (unpaired) electrons. The van der Waals surface area contributed by atoms with Crippen LogP contribution in [0.3, 0.4) is 0 Å². The molecule has 3 heteroatoms. The highest BCUT2D eigenvalue weighted by Crippen LogP contribution is 2.29. The molecule has 1 amide bonds. The van der Waals surface area contributed by atoms with E-state index in [-0.39, 0.29) is 5.41 Å². The maximum Gasteiger partial charge on any atom is 0.222 e. The van der Waals surface area contributed by atoms with E-state index in [2.05, 4.69) is 20.8 Å². The standard InChI is InChI=1S/C16H32N2O/c1-4-11-18(13-16(2,3)12-17)15(19)10-9-14-7-5-6-8-14/h14H,4-13,17H2,1-3H3. The number of nitrogens with two attached hydrogens (primary N) is 1. The molecule has 0 aromatic carbocycles. The second-order valence-corrected chi connectivity index (χ2v) is 6.87. The monoisotopic (exact) mass is 268 g/mol. The van der Waals surface area contributed by atoms with Gasteiger partial charge in [-0.25, -0.2) is 0 Å². The number of carbonyl (C=O) groups is 1. The molecule has 112 valence electrons. The molecule has 0 aromatic heterocycles. The van der Waals surface area contributed by atoms with E-state index in [0.717, 1.165) is 38.3 Å². The lowest BCUT2D eigenvalue weighted by molar-refractivity contribution is -0.132. The van der Waals surface area contributed by atoms with Crippen LogP contribution >= 0.6 is 0 Å². The summed E-state index contributed by atoms with van der Waals surface area (Å²) in [6.45, 7) is 8.70. The minimum absolute atomic E-state index is 0.0260. The van der Waals surface area contributed by atoms with Crippen molar-refractivity contribution < 1.29 is 4.79 Å². The Bertz CT molecular complexity index is 270. The molecule has 1 aliphatic rings. The van der Waals surface area contributed by atoms with E-state index in [1.165, 1.54) is 25.7 Å². The van der Waals surface area contributed by atoms with Crippen molar-refractivity contribution in [3.8, 4) is 0 Å². The van der Waals surface area contributed by atoms with E-state index < -0.39 is 0 Å². The Morgan fingerprint density at radius 3 is 2.47 bits per heavy atom. The highest BCUT2D eigenvalue weighted by Gasteiger charge is 2.24. The largest absolute Gasteiger partial charge is 0.342 e. The number of rotatable bonds is 8. The molecule has 0 unspecified atom stereocenters. The number of carbonyl (C=O) groups excluding carboxylic acids is 1. The van der Waals surface area contributed by atoms with Gasteiger partial charge in [0.1, 0.15) is 0 Å².